The van der Waals surface area contributed by atoms with Crippen LogP contribution >= 0.6 is 0 Å². The molecule has 1 amide bonds. The lowest BCUT2D eigenvalue weighted by molar-refractivity contribution is 0.0724. The average molecular weight is 255 g/mol. The molecule has 0 aliphatic carbocycles. The van der Waals surface area contributed by atoms with Crippen LogP contribution in [0.3, 0.4) is 0 Å². The van der Waals surface area contributed by atoms with Crippen molar-refractivity contribution in [1.82, 2.24) is 14.7 Å². The fourth-order valence-corrected chi connectivity index (χ4v) is 2.46. The molecule has 3 rings (SSSR count). The van der Waals surface area contributed by atoms with Crippen molar-refractivity contribution in [3.8, 4) is 5.69 Å². The fraction of sp³-hybridized carbons (Fsp3) is 0.333. The molecule has 1 aromatic heterocycles. The maximum atomic E-state index is 12.3. The fourth-order valence-electron chi connectivity index (χ4n) is 2.46. The summed E-state index contributed by atoms with van der Waals surface area (Å²) in [5, 5.41) is 4.17. The van der Waals surface area contributed by atoms with Crippen LogP contribution in [0.2, 0.25) is 0 Å². The lowest BCUT2D eigenvalue weighted by Crippen LogP contribution is -2.35. The van der Waals surface area contributed by atoms with E-state index >= 15 is 0 Å². The number of likely N-dealkylation sites (tertiary alicyclic amines) is 1. The summed E-state index contributed by atoms with van der Waals surface area (Å²) in [5.41, 5.74) is 1.73. The number of amides is 1. The van der Waals surface area contributed by atoms with Gasteiger partial charge in [0.25, 0.3) is 5.91 Å². The van der Waals surface area contributed by atoms with Crippen LogP contribution in [-0.2, 0) is 0 Å². The highest BCUT2D eigenvalue weighted by atomic mass is 16.2. The van der Waals surface area contributed by atoms with Gasteiger partial charge < -0.3 is 4.90 Å². The SMILES string of the molecule is O=C(c1ccc(-n2cccn2)cc1)N1CCCCC1. The Hall–Kier alpha value is -2.10. The molecule has 0 radical (unpaired) electrons. The third-order valence-corrected chi connectivity index (χ3v) is 3.53. The van der Waals surface area contributed by atoms with E-state index in [1.807, 2.05) is 41.4 Å². The van der Waals surface area contributed by atoms with Gasteiger partial charge in [0.2, 0.25) is 0 Å². The van der Waals surface area contributed by atoms with Gasteiger partial charge in [-0.3, -0.25) is 4.79 Å². The zero-order valence-corrected chi connectivity index (χ0v) is 10.8. The van der Waals surface area contributed by atoms with Crippen molar-refractivity contribution < 1.29 is 4.79 Å². The molecule has 1 aliphatic heterocycles. The van der Waals surface area contributed by atoms with E-state index in [0.717, 1.165) is 37.2 Å². The molecule has 1 fully saturated rings. The van der Waals surface area contributed by atoms with E-state index in [2.05, 4.69) is 5.10 Å². The zero-order chi connectivity index (χ0) is 13.1. The van der Waals surface area contributed by atoms with Gasteiger partial charge in [-0.2, -0.15) is 5.10 Å². The lowest BCUT2D eigenvalue weighted by atomic mass is 10.1. The zero-order valence-electron chi connectivity index (χ0n) is 10.8. The molecule has 19 heavy (non-hydrogen) atoms. The molecule has 0 N–H and O–H groups in total. The van der Waals surface area contributed by atoms with Gasteiger partial charge in [0, 0.05) is 31.0 Å². The Kier molecular flexibility index (Phi) is 3.31. The summed E-state index contributed by atoms with van der Waals surface area (Å²) in [6, 6.07) is 9.52. The number of hydrogen-bond acceptors (Lipinski definition) is 2. The quantitative estimate of drug-likeness (QED) is 0.827. The number of benzene rings is 1. The molecule has 0 saturated carbocycles. The lowest BCUT2D eigenvalue weighted by Gasteiger charge is -2.26. The van der Waals surface area contributed by atoms with Crippen LogP contribution in [0.5, 0.6) is 0 Å². The first kappa shape index (κ1) is 12.0. The molecule has 0 atom stereocenters. The largest absolute Gasteiger partial charge is 0.339 e. The molecule has 98 valence electrons. The van der Waals surface area contributed by atoms with Crippen molar-refractivity contribution >= 4 is 5.91 Å². The molecule has 2 aromatic rings. The molecular formula is C15H17N3O. The Morgan fingerprint density at radius 3 is 2.42 bits per heavy atom. The topological polar surface area (TPSA) is 38.1 Å². The number of hydrogen-bond donors (Lipinski definition) is 0. The molecule has 0 spiro atoms. The minimum Gasteiger partial charge on any atom is -0.339 e. The minimum atomic E-state index is 0.145. The molecule has 0 bridgehead atoms. The summed E-state index contributed by atoms with van der Waals surface area (Å²) in [4.78, 5) is 14.3. The molecule has 1 aromatic carbocycles. The van der Waals surface area contributed by atoms with Crippen LogP contribution in [0.1, 0.15) is 29.6 Å². The molecular weight excluding hydrogens is 238 g/mol. The van der Waals surface area contributed by atoms with Crippen LogP contribution in [0.4, 0.5) is 0 Å². The van der Waals surface area contributed by atoms with Gasteiger partial charge in [-0.1, -0.05) is 0 Å². The highest BCUT2D eigenvalue weighted by Crippen LogP contribution is 2.14. The number of rotatable bonds is 2. The van der Waals surface area contributed by atoms with Crippen molar-refractivity contribution in [2.24, 2.45) is 0 Å². The Labute approximate surface area is 112 Å². The summed E-state index contributed by atoms with van der Waals surface area (Å²) >= 11 is 0. The van der Waals surface area contributed by atoms with Crippen LogP contribution < -0.4 is 0 Å². The van der Waals surface area contributed by atoms with Crippen LogP contribution in [0.15, 0.2) is 42.7 Å². The third kappa shape index (κ3) is 2.52. The van der Waals surface area contributed by atoms with Crippen LogP contribution in [-0.4, -0.2) is 33.7 Å². The first-order chi connectivity index (χ1) is 9.34. The van der Waals surface area contributed by atoms with E-state index in [4.69, 9.17) is 0 Å². The highest BCUT2D eigenvalue weighted by Gasteiger charge is 2.17. The second kappa shape index (κ2) is 5.26. The standard InChI is InChI=1S/C15H17N3O/c19-15(17-10-2-1-3-11-17)13-5-7-14(8-6-13)18-12-4-9-16-18/h4-9,12H,1-3,10-11H2. The minimum absolute atomic E-state index is 0.145. The maximum Gasteiger partial charge on any atom is 0.253 e. The molecule has 0 unspecified atom stereocenters. The Morgan fingerprint density at radius 1 is 1.05 bits per heavy atom. The van der Waals surface area contributed by atoms with E-state index < -0.39 is 0 Å². The van der Waals surface area contributed by atoms with Crippen molar-refractivity contribution in [3.63, 3.8) is 0 Å². The van der Waals surface area contributed by atoms with Gasteiger partial charge in [-0.15, -0.1) is 0 Å². The predicted octanol–water partition coefficient (Wildman–Crippen LogP) is 2.50. The van der Waals surface area contributed by atoms with E-state index in [1.165, 1.54) is 6.42 Å². The van der Waals surface area contributed by atoms with Gasteiger partial charge in [-0.05, 0) is 49.6 Å². The molecule has 4 nitrogen and oxygen atoms in total. The summed E-state index contributed by atoms with van der Waals surface area (Å²) < 4.78 is 1.79. The number of piperidine rings is 1. The second-order valence-corrected chi connectivity index (χ2v) is 4.85. The summed E-state index contributed by atoms with van der Waals surface area (Å²) in [6.07, 6.45) is 7.12. The van der Waals surface area contributed by atoms with Gasteiger partial charge in [0.1, 0.15) is 0 Å². The van der Waals surface area contributed by atoms with Gasteiger partial charge >= 0.3 is 0 Å². The number of carbonyl (C=O) groups is 1. The van der Waals surface area contributed by atoms with Gasteiger partial charge in [-0.25, -0.2) is 4.68 Å². The summed E-state index contributed by atoms with van der Waals surface area (Å²) in [7, 11) is 0. The maximum absolute atomic E-state index is 12.3. The summed E-state index contributed by atoms with van der Waals surface area (Å²) in [5.74, 6) is 0.145. The van der Waals surface area contributed by atoms with Gasteiger partial charge in [0.05, 0.1) is 5.69 Å². The second-order valence-electron chi connectivity index (χ2n) is 4.85. The molecule has 1 aliphatic rings. The summed E-state index contributed by atoms with van der Waals surface area (Å²) in [6.45, 7) is 1.78. The number of carbonyl (C=O) groups excluding carboxylic acids is 1. The molecule has 1 saturated heterocycles. The molecule has 2 heterocycles. The van der Waals surface area contributed by atoms with Crippen LogP contribution in [0.25, 0.3) is 5.69 Å². The molecule has 4 heteroatoms. The van der Waals surface area contributed by atoms with E-state index in [-0.39, 0.29) is 5.91 Å². The normalized spacial score (nSPS) is 15.5. The highest BCUT2D eigenvalue weighted by molar-refractivity contribution is 5.94. The Balaban J connectivity index is 1.76. The predicted molar refractivity (Wildman–Crippen MR) is 73.3 cm³/mol. The van der Waals surface area contributed by atoms with Gasteiger partial charge in [0.15, 0.2) is 0 Å². The van der Waals surface area contributed by atoms with Crippen molar-refractivity contribution in [3.05, 3.63) is 48.3 Å². The van der Waals surface area contributed by atoms with Crippen LogP contribution in [0, 0.1) is 0 Å². The van der Waals surface area contributed by atoms with E-state index in [0.29, 0.717) is 0 Å². The smallest absolute Gasteiger partial charge is 0.253 e. The average Bonchev–Trinajstić information content (AvgIpc) is 3.02. The van der Waals surface area contributed by atoms with Crippen molar-refractivity contribution in [2.45, 2.75) is 19.3 Å². The van der Waals surface area contributed by atoms with E-state index in [9.17, 15) is 4.79 Å². The Bertz CT molecular complexity index is 539. The monoisotopic (exact) mass is 255 g/mol. The first-order valence-corrected chi connectivity index (χ1v) is 6.74. The van der Waals surface area contributed by atoms with Crippen molar-refractivity contribution in [1.29, 1.82) is 0 Å². The number of aromatic nitrogens is 2. The van der Waals surface area contributed by atoms with E-state index in [1.54, 1.807) is 10.9 Å². The third-order valence-electron chi connectivity index (χ3n) is 3.53. The van der Waals surface area contributed by atoms with Crippen molar-refractivity contribution in [2.75, 3.05) is 13.1 Å². The number of nitrogens with zero attached hydrogens (tertiary/aromatic N) is 3. The Morgan fingerprint density at radius 2 is 1.79 bits per heavy atom. The first-order valence-electron chi connectivity index (χ1n) is 6.74.